The van der Waals surface area contributed by atoms with Crippen molar-refractivity contribution in [2.45, 2.75) is 44.7 Å². The molecule has 0 aromatic carbocycles. The van der Waals surface area contributed by atoms with Gasteiger partial charge in [0.05, 0.1) is 12.6 Å². The van der Waals surface area contributed by atoms with E-state index in [0.717, 1.165) is 12.8 Å². The maximum Gasteiger partial charge on any atom is 0.243 e. The maximum absolute atomic E-state index is 11.6. The predicted molar refractivity (Wildman–Crippen MR) is 64.1 cm³/mol. The van der Waals surface area contributed by atoms with Crippen LogP contribution in [-0.4, -0.2) is 41.9 Å². The van der Waals surface area contributed by atoms with Crippen LogP contribution in [0.15, 0.2) is 0 Å². The quantitative estimate of drug-likeness (QED) is 0.657. The molecule has 0 spiro atoms. The zero-order valence-electron chi connectivity index (χ0n) is 10.3. The summed E-state index contributed by atoms with van der Waals surface area (Å²) in [5.41, 5.74) is 5.80. The lowest BCUT2D eigenvalue weighted by Crippen LogP contribution is -2.62. The van der Waals surface area contributed by atoms with Gasteiger partial charge in [-0.2, -0.15) is 0 Å². The molecule has 0 radical (unpaired) electrons. The van der Waals surface area contributed by atoms with Gasteiger partial charge in [0, 0.05) is 6.04 Å². The van der Waals surface area contributed by atoms with Crippen LogP contribution in [0.25, 0.3) is 0 Å². The van der Waals surface area contributed by atoms with Crippen molar-refractivity contribution in [2.24, 2.45) is 11.7 Å². The molecule has 3 N–H and O–H groups in total. The van der Waals surface area contributed by atoms with E-state index in [1.807, 2.05) is 11.8 Å². The van der Waals surface area contributed by atoms with Crippen LogP contribution >= 0.6 is 0 Å². The van der Waals surface area contributed by atoms with E-state index in [9.17, 15) is 9.59 Å². The Bertz CT molecular complexity index is 319. The average molecular weight is 239 g/mol. The second-order valence-corrected chi connectivity index (χ2v) is 5.11. The molecule has 2 amide bonds. The topological polar surface area (TPSA) is 75.4 Å². The summed E-state index contributed by atoms with van der Waals surface area (Å²) in [7, 11) is 0. The summed E-state index contributed by atoms with van der Waals surface area (Å²) in [6, 6.07) is 0.0728. The molecule has 2 fully saturated rings. The lowest BCUT2D eigenvalue weighted by molar-refractivity contribution is -0.142. The van der Waals surface area contributed by atoms with Gasteiger partial charge in [-0.1, -0.05) is 12.8 Å². The molecule has 3 atom stereocenters. The Hall–Kier alpha value is -0.940. The van der Waals surface area contributed by atoms with Gasteiger partial charge < -0.3 is 5.73 Å². The number of amides is 2. The van der Waals surface area contributed by atoms with Gasteiger partial charge in [-0.05, 0) is 32.2 Å². The molecule has 1 saturated heterocycles. The summed E-state index contributed by atoms with van der Waals surface area (Å²) in [5.74, 6) is 0.0574. The first-order valence-electron chi connectivity index (χ1n) is 6.43. The largest absolute Gasteiger partial charge is 0.330 e. The highest BCUT2D eigenvalue weighted by atomic mass is 16.2. The molecule has 1 aliphatic carbocycles. The number of imide groups is 1. The van der Waals surface area contributed by atoms with Crippen molar-refractivity contribution >= 4 is 11.8 Å². The molecular formula is C12H21N3O2. The molecule has 3 unspecified atom stereocenters. The van der Waals surface area contributed by atoms with Crippen LogP contribution in [-0.2, 0) is 9.59 Å². The van der Waals surface area contributed by atoms with Crippen molar-refractivity contribution in [3.63, 3.8) is 0 Å². The molecule has 1 heterocycles. The normalized spacial score (nSPS) is 35.8. The number of carbonyl (C=O) groups excluding carboxylic acids is 2. The van der Waals surface area contributed by atoms with Crippen molar-refractivity contribution in [1.82, 2.24) is 10.2 Å². The Morgan fingerprint density at radius 3 is 2.76 bits per heavy atom. The first-order chi connectivity index (χ1) is 8.13. The van der Waals surface area contributed by atoms with E-state index in [2.05, 4.69) is 5.32 Å². The summed E-state index contributed by atoms with van der Waals surface area (Å²) in [6.07, 6.45) is 4.54. The molecule has 1 aliphatic heterocycles. The predicted octanol–water partition coefficient (Wildman–Crippen LogP) is -0.149. The molecule has 5 nitrogen and oxygen atoms in total. The summed E-state index contributed by atoms with van der Waals surface area (Å²) in [6.45, 7) is 2.84. The first-order valence-corrected chi connectivity index (χ1v) is 6.43. The van der Waals surface area contributed by atoms with E-state index in [1.54, 1.807) is 0 Å². The Balaban J connectivity index is 2.12. The summed E-state index contributed by atoms with van der Waals surface area (Å²) < 4.78 is 0. The Labute approximate surface area is 102 Å². The van der Waals surface area contributed by atoms with Crippen LogP contribution in [0.1, 0.15) is 32.6 Å². The minimum absolute atomic E-state index is 0.178. The Kier molecular flexibility index (Phi) is 3.79. The molecule has 17 heavy (non-hydrogen) atoms. The number of nitrogens with zero attached hydrogens (tertiary/aromatic N) is 1. The SMILES string of the molecule is CC1C(=O)NC(=O)CN1C1CCCCC1CN. The molecule has 5 heteroatoms. The van der Waals surface area contributed by atoms with E-state index in [1.165, 1.54) is 12.8 Å². The minimum Gasteiger partial charge on any atom is -0.330 e. The summed E-state index contributed by atoms with van der Waals surface area (Å²) in [5, 5.41) is 2.38. The Morgan fingerprint density at radius 1 is 1.35 bits per heavy atom. The minimum atomic E-state index is -0.218. The first kappa shape index (κ1) is 12.5. The molecule has 1 saturated carbocycles. The average Bonchev–Trinajstić information content (AvgIpc) is 2.33. The Morgan fingerprint density at radius 2 is 2.06 bits per heavy atom. The van der Waals surface area contributed by atoms with E-state index >= 15 is 0 Å². The lowest BCUT2D eigenvalue weighted by atomic mass is 9.82. The monoisotopic (exact) mass is 239 g/mol. The third-order valence-corrected chi connectivity index (χ3v) is 4.06. The highest BCUT2D eigenvalue weighted by Gasteiger charge is 2.38. The summed E-state index contributed by atoms with van der Waals surface area (Å²) >= 11 is 0. The van der Waals surface area contributed by atoms with Gasteiger partial charge in [-0.15, -0.1) is 0 Å². The fourth-order valence-corrected chi connectivity index (χ4v) is 3.04. The van der Waals surface area contributed by atoms with Gasteiger partial charge in [-0.25, -0.2) is 0 Å². The van der Waals surface area contributed by atoms with E-state index in [4.69, 9.17) is 5.73 Å². The van der Waals surface area contributed by atoms with Crippen molar-refractivity contribution in [1.29, 1.82) is 0 Å². The second kappa shape index (κ2) is 5.14. The van der Waals surface area contributed by atoms with Crippen molar-refractivity contribution in [2.75, 3.05) is 13.1 Å². The molecule has 2 aliphatic rings. The van der Waals surface area contributed by atoms with Crippen molar-refractivity contribution < 1.29 is 9.59 Å². The van der Waals surface area contributed by atoms with Crippen LogP contribution < -0.4 is 11.1 Å². The number of nitrogens with one attached hydrogen (secondary N) is 1. The van der Waals surface area contributed by atoms with E-state index in [-0.39, 0.29) is 17.9 Å². The van der Waals surface area contributed by atoms with Gasteiger partial charge in [0.1, 0.15) is 0 Å². The fraction of sp³-hybridized carbons (Fsp3) is 0.833. The van der Waals surface area contributed by atoms with Crippen LogP contribution in [0.4, 0.5) is 0 Å². The van der Waals surface area contributed by atoms with Gasteiger partial charge in [0.25, 0.3) is 0 Å². The lowest BCUT2D eigenvalue weighted by Gasteiger charge is -2.43. The fourth-order valence-electron chi connectivity index (χ4n) is 3.04. The zero-order chi connectivity index (χ0) is 12.4. The highest BCUT2D eigenvalue weighted by molar-refractivity contribution is 6.00. The van der Waals surface area contributed by atoms with E-state index < -0.39 is 0 Å². The van der Waals surface area contributed by atoms with Gasteiger partial charge in [-0.3, -0.25) is 19.8 Å². The zero-order valence-corrected chi connectivity index (χ0v) is 10.3. The smallest absolute Gasteiger partial charge is 0.243 e. The van der Waals surface area contributed by atoms with Gasteiger partial charge in [0.2, 0.25) is 11.8 Å². The number of nitrogens with two attached hydrogens (primary N) is 1. The van der Waals surface area contributed by atoms with Crippen LogP contribution in [0.5, 0.6) is 0 Å². The molecule has 0 bridgehead atoms. The molecule has 2 rings (SSSR count). The number of piperazine rings is 1. The van der Waals surface area contributed by atoms with Crippen LogP contribution in [0.3, 0.4) is 0 Å². The third-order valence-electron chi connectivity index (χ3n) is 4.06. The summed E-state index contributed by atoms with van der Waals surface area (Å²) in [4.78, 5) is 25.1. The van der Waals surface area contributed by atoms with Crippen LogP contribution in [0.2, 0.25) is 0 Å². The second-order valence-electron chi connectivity index (χ2n) is 5.11. The van der Waals surface area contributed by atoms with E-state index in [0.29, 0.717) is 25.0 Å². The standard InChI is InChI=1S/C12H21N3O2/c1-8-12(17)14-11(16)7-15(8)10-5-3-2-4-9(10)6-13/h8-10H,2-7,13H2,1H3,(H,14,16,17). The molecule has 0 aromatic rings. The molecular weight excluding hydrogens is 218 g/mol. The maximum atomic E-state index is 11.6. The number of hydrogen-bond donors (Lipinski definition) is 2. The number of hydrogen-bond acceptors (Lipinski definition) is 4. The van der Waals surface area contributed by atoms with Gasteiger partial charge >= 0.3 is 0 Å². The van der Waals surface area contributed by atoms with Gasteiger partial charge in [0.15, 0.2) is 0 Å². The van der Waals surface area contributed by atoms with Crippen molar-refractivity contribution in [3.05, 3.63) is 0 Å². The highest BCUT2D eigenvalue weighted by Crippen LogP contribution is 2.29. The van der Waals surface area contributed by atoms with Crippen LogP contribution in [0, 0.1) is 5.92 Å². The number of rotatable bonds is 2. The number of carbonyl (C=O) groups is 2. The van der Waals surface area contributed by atoms with Crippen molar-refractivity contribution in [3.8, 4) is 0 Å². The molecule has 0 aromatic heterocycles. The third kappa shape index (κ3) is 2.50. The molecule has 96 valence electrons.